The number of nitrogens with one attached hydrogen (secondary N) is 2. The molecule has 2 N–H and O–H groups in total. The zero-order valence-corrected chi connectivity index (χ0v) is 15.1. The van der Waals surface area contributed by atoms with Crippen molar-refractivity contribution in [3.63, 3.8) is 0 Å². The number of carbonyl (C=O) groups excluding carboxylic acids is 2. The van der Waals surface area contributed by atoms with Gasteiger partial charge in [0.25, 0.3) is 11.8 Å². The minimum Gasteiger partial charge on any atom is -0.495 e. The average Bonchev–Trinajstić information content (AvgIpc) is 2.62. The number of anilines is 1. The van der Waals surface area contributed by atoms with E-state index in [1.165, 1.54) is 7.11 Å². The van der Waals surface area contributed by atoms with Gasteiger partial charge in [-0.3, -0.25) is 9.59 Å². The van der Waals surface area contributed by atoms with Crippen LogP contribution in [-0.4, -0.2) is 30.5 Å². The summed E-state index contributed by atoms with van der Waals surface area (Å²) in [5.74, 6) is -0.303. The molecule has 7 heteroatoms. The zero-order valence-electron chi connectivity index (χ0n) is 14.4. The molecule has 0 spiro atoms. The third-order valence-electron chi connectivity index (χ3n) is 3.48. The van der Waals surface area contributed by atoms with E-state index in [4.69, 9.17) is 16.3 Å². The molecule has 0 saturated heterocycles. The lowest BCUT2D eigenvalue weighted by Gasteiger charge is -2.12. The second-order valence-electron chi connectivity index (χ2n) is 5.42. The van der Waals surface area contributed by atoms with Crippen molar-refractivity contribution in [3.05, 3.63) is 52.3 Å². The van der Waals surface area contributed by atoms with E-state index in [-0.39, 0.29) is 17.3 Å². The summed E-state index contributed by atoms with van der Waals surface area (Å²) in [6.45, 7) is 4.34. The SMILES string of the molecule is CCCNC(=O)c1cccc(C(=O)Nc2cc(C)c(Cl)cc2OC)n1. The third kappa shape index (κ3) is 4.70. The molecule has 0 aliphatic rings. The number of hydrogen-bond donors (Lipinski definition) is 2. The van der Waals surface area contributed by atoms with Gasteiger partial charge in [-0.25, -0.2) is 4.98 Å². The van der Waals surface area contributed by atoms with Crippen molar-refractivity contribution in [2.75, 3.05) is 19.0 Å². The number of amides is 2. The second-order valence-corrected chi connectivity index (χ2v) is 5.83. The van der Waals surface area contributed by atoms with Crippen molar-refractivity contribution in [1.82, 2.24) is 10.3 Å². The van der Waals surface area contributed by atoms with Gasteiger partial charge in [0.2, 0.25) is 0 Å². The molecule has 6 nitrogen and oxygen atoms in total. The number of methoxy groups -OCH3 is 1. The first-order chi connectivity index (χ1) is 12.0. The van der Waals surface area contributed by atoms with Crippen molar-refractivity contribution in [2.45, 2.75) is 20.3 Å². The van der Waals surface area contributed by atoms with Gasteiger partial charge >= 0.3 is 0 Å². The van der Waals surface area contributed by atoms with Crippen LogP contribution in [-0.2, 0) is 0 Å². The highest BCUT2D eigenvalue weighted by Crippen LogP contribution is 2.31. The Balaban J connectivity index is 2.22. The third-order valence-corrected chi connectivity index (χ3v) is 3.89. The van der Waals surface area contributed by atoms with Crippen LogP contribution in [0.3, 0.4) is 0 Å². The van der Waals surface area contributed by atoms with E-state index in [1.54, 1.807) is 30.3 Å². The van der Waals surface area contributed by atoms with Gasteiger partial charge < -0.3 is 15.4 Å². The minimum absolute atomic E-state index is 0.138. The van der Waals surface area contributed by atoms with E-state index in [1.807, 2.05) is 13.8 Å². The number of hydrogen-bond acceptors (Lipinski definition) is 4. The second kappa shape index (κ2) is 8.48. The number of pyridine rings is 1. The van der Waals surface area contributed by atoms with Gasteiger partial charge in [0.1, 0.15) is 17.1 Å². The number of rotatable bonds is 6. The lowest BCUT2D eigenvalue weighted by atomic mass is 10.2. The summed E-state index contributed by atoms with van der Waals surface area (Å²) in [6, 6.07) is 8.08. The largest absolute Gasteiger partial charge is 0.495 e. The Bertz CT molecular complexity index is 793. The topological polar surface area (TPSA) is 80.3 Å². The van der Waals surface area contributed by atoms with Crippen LogP contribution in [0.15, 0.2) is 30.3 Å². The van der Waals surface area contributed by atoms with E-state index >= 15 is 0 Å². The number of aromatic nitrogens is 1. The molecular formula is C18H20ClN3O3. The molecule has 132 valence electrons. The molecular weight excluding hydrogens is 342 g/mol. The maximum atomic E-state index is 12.5. The van der Waals surface area contributed by atoms with Gasteiger partial charge in [0.05, 0.1) is 12.8 Å². The van der Waals surface area contributed by atoms with Crippen LogP contribution in [0.1, 0.15) is 39.9 Å². The lowest BCUT2D eigenvalue weighted by molar-refractivity contribution is 0.0948. The van der Waals surface area contributed by atoms with Gasteiger partial charge in [-0.1, -0.05) is 24.6 Å². The van der Waals surface area contributed by atoms with Crippen molar-refractivity contribution < 1.29 is 14.3 Å². The standard InChI is InChI=1S/C18H20ClN3O3/c1-4-8-20-17(23)13-6-5-7-14(21-13)18(24)22-15-9-11(2)12(19)10-16(15)25-3/h5-7,9-10H,4,8H2,1-3H3,(H,20,23)(H,22,24). The monoisotopic (exact) mass is 361 g/mol. The Kier molecular flexibility index (Phi) is 6.36. The Morgan fingerprint density at radius 2 is 1.88 bits per heavy atom. The molecule has 1 aromatic heterocycles. The van der Waals surface area contributed by atoms with Crippen LogP contribution in [0.2, 0.25) is 5.02 Å². The molecule has 2 rings (SSSR count). The van der Waals surface area contributed by atoms with Gasteiger partial charge in [-0.2, -0.15) is 0 Å². The van der Waals surface area contributed by atoms with E-state index in [0.717, 1.165) is 12.0 Å². The van der Waals surface area contributed by atoms with E-state index in [9.17, 15) is 9.59 Å². The fraction of sp³-hybridized carbons (Fsp3) is 0.278. The first-order valence-corrected chi connectivity index (χ1v) is 8.24. The molecule has 0 saturated carbocycles. The molecule has 2 amide bonds. The van der Waals surface area contributed by atoms with Crippen LogP contribution in [0, 0.1) is 6.92 Å². The summed E-state index contributed by atoms with van der Waals surface area (Å²) in [5.41, 5.74) is 1.62. The van der Waals surface area contributed by atoms with Crippen LogP contribution in [0.4, 0.5) is 5.69 Å². The number of halogens is 1. The zero-order chi connectivity index (χ0) is 18.4. The first-order valence-electron chi connectivity index (χ1n) is 7.87. The number of ether oxygens (including phenoxy) is 1. The summed E-state index contributed by atoms with van der Waals surface area (Å²) in [5, 5.41) is 6.01. The predicted molar refractivity (Wildman–Crippen MR) is 97.6 cm³/mol. The quantitative estimate of drug-likeness (QED) is 0.825. The predicted octanol–water partition coefficient (Wildman–Crippen LogP) is 3.44. The van der Waals surface area contributed by atoms with Crippen molar-refractivity contribution in [2.24, 2.45) is 0 Å². The number of aryl methyl sites for hydroxylation is 1. The fourth-order valence-electron chi connectivity index (χ4n) is 2.13. The number of carbonyl (C=O) groups is 2. The van der Waals surface area contributed by atoms with E-state index in [0.29, 0.717) is 23.0 Å². The van der Waals surface area contributed by atoms with Crippen molar-refractivity contribution in [3.8, 4) is 5.75 Å². The summed E-state index contributed by atoms with van der Waals surface area (Å²) in [7, 11) is 1.49. The Labute approximate surface area is 151 Å². The molecule has 25 heavy (non-hydrogen) atoms. The Hall–Kier alpha value is -2.60. The van der Waals surface area contributed by atoms with Gasteiger partial charge in [-0.15, -0.1) is 0 Å². The minimum atomic E-state index is -0.440. The molecule has 0 bridgehead atoms. The summed E-state index contributed by atoms with van der Waals surface area (Å²) >= 11 is 6.07. The molecule has 0 aliphatic carbocycles. The summed E-state index contributed by atoms with van der Waals surface area (Å²) in [6.07, 6.45) is 0.821. The normalized spacial score (nSPS) is 10.2. The summed E-state index contributed by atoms with van der Waals surface area (Å²) in [4.78, 5) is 28.6. The first kappa shape index (κ1) is 18.7. The maximum absolute atomic E-state index is 12.5. The van der Waals surface area contributed by atoms with Gasteiger partial charge in [-0.05, 0) is 37.1 Å². The van der Waals surface area contributed by atoms with Crippen LogP contribution < -0.4 is 15.4 Å². The van der Waals surface area contributed by atoms with Crippen molar-refractivity contribution in [1.29, 1.82) is 0 Å². The lowest BCUT2D eigenvalue weighted by Crippen LogP contribution is -2.26. The Morgan fingerprint density at radius 3 is 2.52 bits per heavy atom. The molecule has 1 aromatic carbocycles. The average molecular weight is 362 g/mol. The number of nitrogens with zero attached hydrogens (tertiary/aromatic N) is 1. The van der Waals surface area contributed by atoms with E-state index in [2.05, 4.69) is 15.6 Å². The number of benzene rings is 1. The molecule has 0 unspecified atom stereocenters. The van der Waals surface area contributed by atoms with Gasteiger partial charge in [0, 0.05) is 17.6 Å². The highest BCUT2D eigenvalue weighted by Gasteiger charge is 2.15. The fourth-order valence-corrected chi connectivity index (χ4v) is 2.29. The van der Waals surface area contributed by atoms with Gasteiger partial charge in [0.15, 0.2) is 0 Å². The Morgan fingerprint density at radius 1 is 1.20 bits per heavy atom. The van der Waals surface area contributed by atoms with Crippen LogP contribution in [0.5, 0.6) is 5.75 Å². The maximum Gasteiger partial charge on any atom is 0.274 e. The van der Waals surface area contributed by atoms with E-state index < -0.39 is 5.91 Å². The highest BCUT2D eigenvalue weighted by atomic mass is 35.5. The molecule has 0 aliphatic heterocycles. The molecule has 2 aromatic rings. The van der Waals surface area contributed by atoms with Crippen LogP contribution in [0.25, 0.3) is 0 Å². The smallest absolute Gasteiger partial charge is 0.274 e. The van der Waals surface area contributed by atoms with Crippen LogP contribution >= 0.6 is 11.6 Å². The molecule has 0 radical (unpaired) electrons. The molecule has 0 fully saturated rings. The molecule has 0 atom stereocenters. The van der Waals surface area contributed by atoms with Crippen molar-refractivity contribution >= 4 is 29.1 Å². The summed E-state index contributed by atoms with van der Waals surface area (Å²) < 4.78 is 5.24. The molecule has 1 heterocycles. The highest BCUT2D eigenvalue weighted by molar-refractivity contribution is 6.31.